The zero-order chi connectivity index (χ0) is 67.5. The van der Waals surface area contributed by atoms with E-state index in [9.17, 15) is 37.2 Å². The van der Waals surface area contributed by atoms with E-state index >= 15 is 9.59 Å². The first-order chi connectivity index (χ1) is 42.7. The number of aryl methyl sites for hydroxylation is 2. The second-order valence-electron chi connectivity index (χ2n) is 26.4. The summed E-state index contributed by atoms with van der Waals surface area (Å²) in [6.45, 7) is 24.3. The molecule has 0 saturated carbocycles. The van der Waals surface area contributed by atoms with E-state index in [1.807, 2.05) is 80.6 Å². The molecule has 4 amide bonds. The maximum atomic E-state index is 15.2. The van der Waals surface area contributed by atoms with Crippen molar-refractivity contribution < 1.29 is 65.7 Å². The SMILES string of the molecule is Cc1cnn(Cc2ccc(C[C@H]3OC(=O)[C@H](CC(C)C)N(C)C(=O)[C@@H](C)OC(=O)[C@H](CC(C)C)N(C)C(=O)[C@@H](Cc4ccc(Cn5nc(C)c(S(=O)(=O)N6CCCC6)c5C)cc4)OC(=O)[C@H](CC(C)C)N(C)C(=O)[C@@H](C)OC(=O)[C@H](CC(C)C)N(C)C3=O)cc2)c1. The van der Waals surface area contributed by atoms with E-state index in [0.29, 0.717) is 42.1 Å². The van der Waals surface area contributed by atoms with Crippen molar-refractivity contribution in [1.82, 2.24) is 43.5 Å². The van der Waals surface area contributed by atoms with Gasteiger partial charge in [-0.1, -0.05) is 104 Å². The molecule has 4 aromatic rings. The highest BCUT2D eigenvalue weighted by molar-refractivity contribution is 7.89. The van der Waals surface area contributed by atoms with Gasteiger partial charge in [-0.15, -0.1) is 0 Å². The van der Waals surface area contributed by atoms with Crippen molar-refractivity contribution in [2.75, 3.05) is 41.3 Å². The summed E-state index contributed by atoms with van der Waals surface area (Å²) in [4.78, 5) is 123. The van der Waals surface area contributed by atoms with Gasteiger partial charge in [-0.25, -0.2) is 27.6 Å². The largest absolute Gasteiger partial charge is 0.451 e. The molecule has 2 aliphatic heterocycles. The van der Waals surface area contributed by atoms with Crippen LogP contribution in [0.25, 0.3) is 0 Å². The van der Waals surface area contributed by atoms with Crippen molar-refractivity contribution in [2.24, 2.45) is 23.7 Å². The summed E-state index contributed by atoms with van der Waals surface area (Å²) in [7, 11) is 1.75. The number of rotatable bonds is 18. The highest BCUT2D eigenvalue weighted by atomic mass is 32.2. The molecular weight excluding hydrogens is 1190 g/mol. The zero-order valence-corrected chi connectivity index (χ0v) is 57.2. The minimum Gasteiger partial charge on any atom is -0.451 e. The number of hydrogen-bond donors (Lipinski definition) is 0. The number of benzene rings is 2. The van der Waals surface area contributed by atoms with Crippen LogP contribution in [0.5, 0.6) is 0 Å². The molecule has 6 rings (SSSR count). The van der Waals surface area contributed by atoms with Crippen LogP contribution in [0.1, 0.15) is 147 Å². The molecule has 500 valence electrons. The van der Waals surface area contributed by atoms with E-state index in [1.165, 1.54) is 46.3 Å². The smallest absolute Gasteiger partial charge is 0.329 e. The number of cyclic esters (lactones) is 4. The molecule has 91 heavy (non-hydrogen) atoms. The first kappa shape index (κ1) is 72.6. The van der Waals surface area contributed by atoms with Crippen LogP contribution in [0.3, 0.4) is 0 Å². The molecule has 0 unspecified atom stereocenters. The van der Waals surface area contributed by atoms with E-state index in [2.05, 4.69) is 10.2 Å². The van der Waals surface area contributed by atoms with Gasteiger partial charge in [-0.2, -0.15) is 14.5 Å². The Balaban J connectivity index is 1.38. The first-order valence-electron chi connectivity index (χ1n) is 31.8. The molecule has 2 aliphatic rings. The van der Waals surface area contributed by atoms with Gasteiger partial charge in [0.15, 0.2) is 24.4 Å². The highest BCUT2D eigenvalue weighted by Crippen LogP contribution is 2.29. The second kappa shape index (κ2) is 31.7. The number of hydrogen-bond acceptors (Lipinski definition) is 16. The summed E-state index contributed by atoms with van der Waals surface area (Å²) in [6, 6.07) is 9.09. The van der Waals surface area contributed by atoms with E-state index in [-0.39, 0.29) is 73.6 Å². The Bertz CT molecular complexity index is 3300. The number of esters is 4. The van der Waals surface area contributed by atoms with Crippen LogP contribution in [0.2, 0.25) is 0 Å². The monoisotopic (exact) mass is 1280 g/mol. The molecule has 23 nitrogen and oxygen atoms in total. The van der Waals surface area contributed by atoms with Crippen LogP contribution >= 0.6 is 0 Å². The topological polar surface area (TPSA) is 259 Å². The lowest BCUT2D eigenvalue weighted by atomic mass is 9.99. The van der Waals surface area contributed by atoms with E-state index in [4.69, 9.17) is 18.9 Å². The minimum absolute atomic E-state index is 0.0430. The number of ether oxygens (including phenoxy) is 4. The molecule has 2 saturated heterocycles. The average molecular weight is 1280 g/mol. The van der Waals surface area contributed by atoms with Gasteiger partial charge in [-0.3, -0.25) is 28.5 Å². The molecule has 0 radical (unpaired) electrons. The molecule has 0 N–H and O–H groups in total. The van der Waals surface area contributed by atoms with Crippen LogP contribution in [0, 0.1) is 44.4 Å². The van der Waals surface area contributed by atoms with Crippen molar-refractivity contribution >= 4 is 57.5 Å². The zero-order valence-electron chi connectivity index (χ0n) is 56.3. The van der Waals surface area contributed by atoms with Gasteiger partial charge >= 0.3 is 23.9 Å². The number of carbonyl (C=O) groups excluding carboxylic acids is 8. The Hall–Kier alpha value is -7.47. The van der Waals surface area contributed by atoms with Crippen LogP contribution in [0.15, 0.2) is 65.8 Å². The van der Waals surface area contributed by atoms with Gasteiger partial charge in [-0.05, 0) is 125 Å². The predicted molar refractivity (Wildman–Crippen MR) is 340 cm³/mol. The fraction of sp³-hybridized carbons (Fsp3) is 0.612. The number of likely N-dealkylation sites (N-methyl/N-ethyl adjacent to an activating group) is 4. The standard InChI is InChI=1S/C67H97N9O14S/c1-40(2)30-53-64(81)87-48(13)61(78)71(15)56(33-43(7)8)67(84)90-58(35-50-22-26-52(27-23-50)39-76-46(11)59(45(10)69-76)91(85,86)75-28-18-19-29-75)63(80)73(17)54(31-41(3)4)65(82)88-47(12)60(77)70(14)55(32-42(5)6)66(83)89-57(62(79)72(53)16)34-49-20-24-51(25-21-49)38-74-37-44(9)36-68-74/h20-27,36-37,40-43,47-48,53-58H,18-19,28-35,38-39H2,1-17H3/t47-,48-,53+,54+,55+,56+,57-,58-/m1/s1. The molecule has 2 fully saturated rings. The summed E-state index contributed by atoms with van der Waals surface area (Å²) in [6.07, 6.45) is -1.12. The van der Waals surface area contributed by atoms with Crippen LogP contribution < -0.4 is 0 Å². The molecule has 2 aromatic heterocycles. The third-order valence-corrected chi connectivity index (χ3v) is 18.9. The lowest BCUT2D eigenvalue weighted by Crippen LogP contribution is -2.55. The van der Waals surface area contributed by atoms with Gasteiger partial charge in [0.2, 0.25) is 10.0 Å². The predicted octanol–water partition coefficient (Wildman–Crippen LogP) is 6.86. The Morgan fingerprint density at radius 3 is 1.19 bits per heavy atom. The summed E-state index contributed by atoms with van der Waals surface area (Å²) in [5.74, 6) is -7.79. The number of nitrogens with zero attached hydrogens (tertiary/aromatic N) is 9. The molecular formula is C67H97N9O14S. The van der Waals surface area contributed by atoms with Gasteiger partial charge < -0.3 is 38.5 Å². The number of sulfonamides is 1. The molecule has 8 atom stereocenters. The van der Waals surface area contributed by atoms with Crippen LogP contribution in [-0.2, 0) is 93.3 Å². The van der Waals surface area contributed by atoms with Crippen LogP contribution in [-0.4, -0.2) is 189 Å². The summed E-state index contributed by atoms with van der Waals surface area (Å²) < 4.78 is 56.6. The minimum atomic E-state index is -3.76. The number of aromatic nitrogens is 4. The lowest BCUT2D eigenvalue weighted by Gasteiger charge is -2.35. The van der Waals surface area contributed by atoms with E-state index in [1.54, 1.807) is 65.8 Å². The van der Waals surface area contributed by atoms with Crippen molar-refractivity contribution in [3.8, 4) is 0 Å². The van der Waals surface area contributed by atoms with Gasteiger partial charge in [0.1, 0.15) is 29.1 Å². The third-order valence-electron chi connectivity index (χ3n) is 16.8. The molecule has 0 aliphatic carbocycles. The van der Waals surface area contributed by atoms with Crippen molar-refractivity contribution in [3.05, 3.63) is 100 Å². The molecule has 2 aromatic carbocycles. The van der Waals surface area contributed by atoms with Gasteiger partial charge in [0.25, 0.3) is 23.6 Å². The molecule has 0 bridgehead atoms. The second-order valence-corrected chi connectivity index (χ2v) is 28.3. The normalized spacial score (nSPS) is 23.2. The summed E-state index contributed by atoms with van der Waals surface area (Å²) >= 11 is 0. The average Bonchev–Trinajstić information content (AvgIpc) is 1.66. The number of amides is 4. The number of carbonyl (C=O) groups is 8. The summed E-state index contributed by atoms with van der Waals surface area (Å²) in [5, 5.41) is 8.98. The quantitative estimate of drug-likeness (QED) is 0.0727. The maximum absolute atomic E-state index is 15.2. The van der Waals surface area contributed by atoms with E-state index < -0.39 is 106 Å². The Labute approximate surface area is 537 Å². The summed E-state index contributed by atoms with van der Waals surface area (Å²) in [5.41, 5.74) is 4.66. The third kappa shape index (κ3) is 18.8. The fourth-order valence-corrected chi connectivity index (χ4v) is 13.5. The molecule has 4 heterocycles. The van der Waals surface area contributed by atoms with Crippen molar-refractivity contribution in [2.45, 2.75) is 208 Å². The highest BCUT2D eigenvalue weighted by Gasteiger charge is 2.43. The Kier molecular flexibility index (Phi) is 25.3. The molecule has 0 spiro atoms. The van der Waals surface area contributed by atoms with Gasteiger partial charge in [0.05, 0.1) is 30.7 Å². The Morgan fingerprint density at radius 2 is 0.835 bits per heavy atom. The van der Waals surface area contributed by atoms with Gasteiger partial charge in [0, 0.05) is 60.3 Å². The fourth-order valence-electron chi connectivity index (χ4n) is 11.6. The Morgan fingerprint density at radius 1 is 0.495 bits per heavy atom. The van der Waals surface area contributed by atoms with E-state index in [0.717, 1.165) is 49.1 Å². The maximum Gasteiger partial charge on any atom is 0.329 e. The molecule has 24 heteroatoms. The first-order valence-corrected chi connectivity index (χ1v) is 33.2. The van der Waals surface area contributed by atoms with Crippen LogP contribution in [0.4, 0.5) is 0 Å². The van der Waals surface area contributed by atoms with Crippen molar-refractivity contribution in [1.29, 1.82) is 0 Å². The van der Waals surface area contributed by atoms with Crippen molar-refractivity contribution in [3.63, 3.8) is 0 Å². The lowest BCUT2D eigenvalue weighted by molar-refractivity contribution is -0.176.